The van der Waals surface area contributed by atoms with Crippen LogP contribution in [-0.4, -0.2) is 24.5 Å². The van der Waals surface area contributed by atoms with Gasteiger partial charge in [0.2, 0.25) is 0 Å². The number of halogens is 2. The van der Waals surface area contributed by atoms with Crippen molar-refractivity contribution in [2.24, 2.45) is 5.92 Å². The Balaban J connectivity index is 1.37. The number of hydrogen-bond acceptors (Lipinski definition) is 2. The fourth-order valence-corrected chi connectivity index (χ4v) is 4.41. The standard InChI is InChI=1S/C20H28ClFN2O/c21-16-11-15(12-17(22)13-16)20(25)24-19-7-5-18(6-8-19)23-10-9-14-3-1-2-4-14/h11-14,18-19,23H,1-10H2,(H,24,25). The minimum Gasteiger partial charge on any atom is -0.349 e. The number of carbonyl (C=O) groups excluding carboxylic acids is 1. The van der Waals surface area contributed by atoms with Crippen LogP contribution in [0.3, 0.4) is 0 Å². The lowest BCUT2D eigenvalue weighted by molar-refractivity contribution is 0.0923. The lowest BCUT2D eigenvalue weighted by atomic mass is 9.90. The molecule has 2 N–H and O–H groups in total. The molecule has 2 aliphatic carbocycles. The summed E-state index contributed by atoms with van der Waals surface area (Å²) >= 11 is 5.82. The Morgan fingerprint density at radius 1 is 1.04 bits per heavy atom. The zero-order valence-corrected chi connectivity index (χ0v) is 15.5. The van der Waals surface area contributed by atoms with Gasteiger partial charge in [-0.2, -0.15) is 0 Å². The summed E-state index contributed by atoms with van der Waals surface area (Å²) in [5, 5.41) is 6.96. The van der Waals surface area contributed by atoms with Crippen LogP contribution < -0.4 is 10.6 Å². The summed E-state index contributed by atoms with van der Waals surface area (Å²) in [5.74, 6) is 0.216. The van der Waals surface area contributed by atoms with Gasteiger partial charge >= 0.3 is 0 Å². The van der Waals surface area contributed by atoms with Gasteiger partial charge < -0.3 is 10.6 Å². The third-order valence-corrected chi connectivity index (χ3v) is 5.87. The van der Waals surface area contributed by atoms with Crippen LogP contribution in [0.2, 0.25) is 5.02 Å². The number of hydrogen-bond donors (Lipinski definition) is 2. The highest BCUT2D eigenvalue weighted by molar-refractivity contribution is 6.31. The van der Waals surface area contributed by atoms with E-state index in [1.165, 1.54) is 50.3 Å². The van der Waals surface area contributed by atoms with Crippen molar-refractivity contribution in [1.82, 2.24) is 10.6 Å². The van der Waals surface area contributed by atoms with Crippen molar-refractivity contribution in [3.63, 3.8) is 0 Å². The summed E-state index contributed by atoms with van der Waals surface area (Å²) in [6.07, 6.45) is 11.0. The van der Waals surface area contributed by atoms with E-state index in [-0.39, 0.29) is 17.0 Å². The molecule has 25 heavy (non-hydrogen) atoms. The van der Waals surface area contributed by atoms with Crippen LogP contribution in [0.1, 0.15) is 68.1 Å². The van der Waals surface area contributed by atoms with E-state index in [0.717, 1.165) is 38.1 Å². The van der Waals surface area contributed by atoms with Crippen molar-refractivity contribution in [3.05, 3.63) is 34.6 Å². The number of amides is 1. The summed E-state index contributed by atoms with van der Waals surface area (Å²) in [4.78, 5) is 12.3. The topological polar surface area (TPSA) is 41.1 Å². The second-order valence-electron chi connectivity index (χ2n) is 7.57. The molecule has 1 amide bonds. The summed E-state index contributed by atoms with van der Waals surface area (Å²) in [6.45, 7) is 1.12. The molecule has 0 atom stereocenters. The maximum absolute atomic E-state index is 13.4. The predicted molar refractivity (Wildman–Crippen MR) is 99.5 cm³/mol. The molecule has 0 aromatic heterocycles. The molecular weight excluding hydrogens is 339 g/mol. The first-order valence-electron chi connectivity index (χ1n) is 9.60. The smallest absolute Gasteiger partial charge is 0.251 e. The summed E-state index contributed by atoms with van der Waals surface area (Å²) in [5.41, 5.74) is 0.293. The van der Waals surface area contributed by atoms with Crippen molar-refractivity contribution in [2.45, 2.75) is 69.9 Å². The van der Waals surface area contributed by atoms with E-state index in [1.54, 1.807) is 0 Å². The summed E-state index contributed by atoms with van der Waals surface area (Å²) < 4.78 is 13.4. The fourth-order valence-electron chi connectivity index (χ4n) is 4.19. The van der Waals surface area contributed by atoms with Gasteiger partial charge in [0.15, 0.2) is 0 Å². The maximum Gasteiger partial charge on any atom is 0.251 e. The predicted octanol–water partition coefficient (Wildman–Crippen LogP) is 4.69. The molecule has 0 saturated heterocycles. The van der Waals surface area contributed by atoms with Crippen molar-refractivity contribution >= 4 is 17.5 Å². The molecule has 1 aromatic rings. The highest BCUT2D eigenvalue weighted by Crippen LogP contribution is 2.27. The molecule has 0 aliphatic heterocycles. The van der Waals surface area contributed by atoms with Crippen molar-refractivity contribution in [3.8, 4) is 0 Å². The third kappa shape index (κ3) is 5.68. The zero-order valence-electron chi connectivity index (χ0n) is 14.7. The maximum atomic E-state index is 13.4. The number of benzene rings is 1. The quantitative estimate of drug-likeness (QED) is 0.766. The monoisotopic (exact) mass is 366 g/mol. The molecule has 2 fully saturated rings. The van der Waals surface area contributed by atoms with Gasteiger partial charge in [-0.15, -0.1) is 0 Å². The minimum absolute atomic E-state index is 0.169. The largest absolute Gasteiger partial charge is 0.349 e. The molecule has 3 nitrogen and oxygen atoms in total. The fraction of sp³-hybridized carbons (Fsp3) is 0.650. The molecule has 0 heterocycles. The molecule has 1 aromatic carbocycles. The SMILES string of the molecule is O=C(NC1CCC(NCCC2CCCC2)CC1)c1cc(F)cc(Cl)c1. The van der Waals surface area contributed by atoms with E-state index >= 15 is 0 Å². The summed E-state index contributed by atoms with van der Waals surface area (Å²) in [7, 11) is 0. The molecule has 2 aliphatic rings. The lowest BCUT2D eigenvalue weighted by Crippen LogP contribution is -2.42. The van der Waals surface area contributed by atoms with Gasteiger partial charge in [0.25, 0.3) is 5.91 Å². The van der Waals surface area contributed by atoms with Crippen molar-refractivity contribution in [2.75, 3.05) is 6.54 Å². The molecule has 0 unspecified atom stereocenters. The van der Waals surface area contributed by atoms with Crippen LogP contribution in [0.4, 0.5) is 4.39 Å². The van der Waals surface area contributed by atoms with E-state index in [9.17, 15) is 9.18 Å². The van der Waals surface area contributed by atoms with Gasteiger partial charge in [-0.1, -0.05) is 37.3 Å². The summed E-state index contributed by atoms with van der Waals surface area (Å²) in [6, 6.07) is 4.69. The molecule has 3 rings (SSSR count). The first-order chi connectivity index (χ1) is 12.1. The average Bonchev–Trinajstić information content (AvgIpc) is 3.09. The Kier molecular flexibility index (Phi) is 6.71. The normalized spacial score (nSPS) is 24.4. The first kappa shape index (κ1) is 18.7. The highest BCUT2D eigenvalue weighted by atomic mass is 35.5. The second-order valence-corrected chi connectivity index (χ2v) is 8.01. The molecular formula is C20H28ClFN2O. The molecule has 138 valence electrons. The van der Waals surface area contributed by atoms with Crippen LogP contribution in [0.15, 0.2) is 18.2 Å². The van der Waals surface area contributed by atoms with Crippen molar-refractivity contribution in [1.29, 1.82) is 0 Å². The van der Waals surface area contributed by atoms with Crippen LogP contribution in [0, 0.1) is 11.7 Å². The zero-order chi connectivity index (χ0) is 17.6. The van der Waals surface area contributed by atoms with Gasteiger partial charge in [-0.3, -0.25) is 4.79 Å². The third-order valence-electron chi connectivity index (χ3n) is 5.65. The Morgan fingerprint density at radius 2 is 1.72 bits per heavy atom. The van der Waals surface area contributed by atoms with Gasteiger partial charge in [-0.25, -0.2) is 4.39 Å². The minimum atomic E-state index is -0.479. The van der Waals surface area contributed by atoms with Gasteiger partial charge in [0.05, 0.1) is 0 Å². The molecule has 2 saturated carbocycles. The van der Waals surface area contributed by atoms with E-state index in [1.807, 2.05) is 0 Å². The van der Waals surface area contributed by atoms with E-state index in [0.29, 0.717) is 11.6 Å². The number of nitrogens with one attached hydrogen (secondary N) is 2. The molecule has 0 radical (unpaired) electrons. The number of carbonyl (C=O) groups is 1. The van der Waals surface area contributed by atoms with Crippen molar-refractivity contribution < 1.29 is 9.18 Å². The highest BCUT2D eigenvalue weighted by Gasteiger charge is 2.23. The van der Waals surface area contributed by atoms with Gasteiger partial charge in [-0.05, 0) is 62.8 Å². The second kappa shape index (κ2) is 9.00. The van der Waals surface area contributed by atoms with Crippen LogP contribution in [0.25, 0.3) is 0 Å². The molecule has 5 heteroatoms. The Bertz CT molecular complexity index is 561. The molecule has 0 spiro atoms. The van der Waals surface area contributed by atoms with Crippen LogP contribution in [-0.2, 0) is 0 Å². The average molecular weight is 367 g/mol. The first-order valence-corrected chi connectivity index (χ1v) is 9.98. The molecule has 0 bridgehead atoms. The van der Waals surface area contributed by atoms with Crippen LogP contribution >= 0.6 is 11.6 Å². The number of rotatable bonds is 6. The van der Waals surface area contributed by atoms with E-state index < -0.39 is 5.82 Å². The van der Waals surface area contributed by atoms with Gasteiger partial charge in [0, 0.05) is 22.7 Å². The Morgan fingerprint density at radius 3 is 2.40 bits per heavy atom. The van der Waals surface area contributed by atoms with Gasteiger partial charge in [0.1, 0.15) is 5.82 Å². The van der Waals surface area contributed by atoms with E-state index in [4.69, 9.17) is 11.6 Å². The lowest BCUT2D eigenvalue weighted by Gasteiger charge is -2.30. The Hall–Kier alpha value is -1.13. The Labute approximate surface area is 154 Å². The van der Waals surface area contributed by atoms with E-state index in [2.05, 4.69) is 10.6 Å². The van der Waals surface area contributed by atoms with Crippen LogP contribution in [0.5, 0.6) is 0 Å².